The lowest BCUT2D eigenvalue weighted by molar-refractivity contribution is -0.119. The maximum absolute atomic E-state index is 12.2. The molecule has 4 rings (SSSR count). The average Bonchev–Trinajstić information content (AvgIpc) is 3.04. The third-order valence-electron chi connectivity index (χ3n) is 4.74. The molecule has 1 aliphatic rings. The van der Waals surface area contributed by atoms with E-state index in [4.69, 9.17) is 4.74 Å². The Hall–Kier alpha value is -2.93. The molecule has 1 aliphatic heterocycles. The molecule has 26 heavy (non-hydrogen) atoms. The van der Waals surface area contributed by atoms with E-state index in [1.54, 1.807) is 19.2 Å². The fraction of sp³-hybridized carbons (Fsp3) is 0.316. The number of rotatable bonds is 4. The second-order valence-electron chi connectivity index (χ2n) is 6.60. The molecule has 0 bridgehead atoms. The van der Waals surface area contributed by atoms with Gasteiger partial charge < -0.3 is 20.1 Å². The van der Waals surface area contributed by atoms with E-state index in [2.05, 4.69) is 15.3 Å². The van der Waals surface area contributed by atoms with Crippen molar-refractivity contribution in [2.45, 2.75) is 31.9 Å². The van der Waals surface area contributed by atoms with Gasteiger partial charge in [0.05, 0.1) is 12.1 Å². The van der Waals surface area contributed by atoms with Crippen molar-refractivity contribution in [1.82, 2.24) is 15.3 Å². The van der Waals surface area contributed by atoms with E-state index in [0.29, 0.717) is 35.2 Å². The molecule has 3 aromatic rings. The molecule has 0 radical (unpaired) electrons. The lowest BCUT2D eigenvalue weighted by Crippen LogP contribution is -2.31. The number of nitrogens with zero attached hydrogens (tertiary/aromatic N) is 1. The van der Waals surface area contributed by atoms with E-state index in [9.17, 15) is 14.7 Å². The van der Waals surface area contributed by atoms with Crippen LogP contribution in [-0.4, -0.2) is 33.6 Å². The molecule has 0 spiro atoms. The number of carbonyl (C=O) groups excluding carboxylic acids is 1. The summed E-state index contributed by atoms with van der Waals surface area (Å²) in [4.78, 5) is 30.5. The van der Waals surface area contributed by atoms with Gasteiger partial charge in [-0.25, -0.2) is 4.98 Å². The number of hydrogen-bond acceptors (Lipinski definition) is 5. The predicted octanol–water partition coefficient (Wildman–Crippen LogP) is 1.79. The monoisotopic (exact) mass is 353 g/mol. The van der Waals surface area contributed by atoms with Gasteiger partial charge in [0.15, 0.2) is 0 Å². The van der Waals surface area contributed by atoms with Gasteiger partial charge in [0.1, 0.15) is 6.61 Å². The Morgan fingerprint density at radius 2 is 2.15 bits per heavy atom. The number of fused-ring (bicyclic) bond motifs is 2. The number of H-pyrrole nitrogens is 1. The number of benzene rings is 1. The normalized spacial score (nSPS) is 18.2. The van der Waals surface area contributed by atoms with Crippen molar-refractivity contribution in [1.29, 1.82) is 0 Å². The summed E-state index contributed by atoms with van der Waals surface area (Å²) in [5.74, 6) is 0.485. The zero-order chi connectivity index (χ0) is 18.3. The van der Waals surface area contributed by atoms with Crippen LogP contribution in [0.4, 0.5) is 0 Å². The van der Waals surface area contributed by atoms with Crippen molar-refractivity contribution in [3.8, 4) is 5.88 Å². The van der Waals surface area contributed by atoms with E-state index in [-0.39, 0.29) is 17.5 Å². The molecule has 2 aromatic heterocycles. The minimum absolute atomic E-state index is 0.0177. The van der Waals surface area contributed by atoms with E-state index in [1.165, 1.54) is 6.20 Å². The van der Waals surface area contributed by atoms with Crippen LogP contribution in [0, 0.1) is 0 Å². The van der Waals surface area contributed by atoms with Gasteiger partial charge in [0.2, 0.25) is 11.8 Å². The van der Waals surface area contributed by atoms with Crippen molar-refractivity contribution in [2.75, 3.05) is 6.61 Å². The molecule has 1 aromatic carbocycles. The predicted molar refractivity (Wildman–Crippen MR) is 97.2 cm³/mol. The van der Waals surface area contributed by atoms with Crippen molar-refractivity contribution in [3.63, 3.8) is 0 Å². The summed E-state index contributed by atoms with van der Waals surface area (Å²) in [6.45, 7) is 2.00. The van der Waals surface area contributed by atoms with Gasteiger partial charge >= 0.3 is 0 Å². The molecule has 0 saturated carbocycles. The highest BCUT2D eigenvalue weighted by Gasteiger charge is 2.21. The zero-order valence-electron chi connectivity index (χ0n) is 14.3. The van der Waals surface area contributed by atoms with Crippen LogP contribution in [0.3, 0.4) is 0 Å². The Bertz CT molecular complexity index is 1060. The lowest BCUT2D eigenvalue weighted by Gasteiger charge is -2.14. The summed E-state index contributed by atoms with van der Waals surface area (Å²) in [5.41, 5.74) is 0.429. The summed E-state index contributed by atoms with van der Waals surface area (Å²) in [6.07, 6.45) is 3.70. The summed E-state index contributed by atoms with van der Waals surface area (Å²) >= 11 is 0. The first kappa shape index (κ1) is 16.5. The first-order chi connectivity index (χ1) is 12.5. The first-order valence-electron chi connectivity index (χ1n) is 8.57. The van der Waals surface area contributed by atoms with Gasteiger partial charge in [-0.05, 0) is 42.3 Å². The summed E-state index contributed by atoms with van der Waals surface area (Å²) in [5, 5.41) is 15.6. The Kier molecular flexibility index (Phi) is 4.08. The second kappa shape index (κ2) is 6.42. The van der Waals surface area contributed by atoms with Gasteiger partial charge in [-0.3, -0.25) is 9.59 Å². The molecule has 3 heterocycles. The minimum Gasteiger partial charge on any atom is -0.475 e. The Labute approximate surface area is 149 Å². The number of carbonyl (C=O) groups is 1. The molecule has 2 atom stereocenters. The number of nitrogens with one attached hydrogen (secondary N) is 2. The number of aliphatic hydroxyl groups excluding tert-OH is 1. The fourth-order valence-electron chi connectivity index (χ4n) is 3.36. The average molecular weight is 353 g/mol. The standard InChI is InChI=1S/C19H19N3O4/c1-10(23)16-8-21-18(25)15-6-11-4-5-20-19(13(11)7-14(15)16)26-9-12-2-3-17(24)22-12/h4-8,10,12,23H,2-3,9H2,1H3,(H,21,25)(H,22,24)/t10?,12-/m0/s1. The molecule has 1 unspecified atom stereocenters. The summed E-state index contributed by atoms with van der Waals surface area (Å²) in [7, 11) is 0. The Balaban J connectivity index is 1.79. The molecule has 134 valence electrons. The van der Waals surface area contributed by atoms with Gasteiger partial charge in [0.25, 0.3) is 5.56 Å². The molecule has 7 nitrogen and oxygen atoms in total. The number of ether oxygens (including phenoxy) is 1. The topological polar surface area (TPSA) is 104 Å². The molecule has 7 heteroatoms. The van der Waals surface area contributed by atoms with Crippen LogP contribution in [0.2, 0.25) is 0 Å². The number of pyridine rings is 2. The number of aromatic nitrogens is 2. The molecule has 1 saturated heterocycles. The van der Waals surface area contributed by atoms with Crippen molar-refractivity contribution >= 4 is 27.5 Å². The molecular formula is C19H19N3O4. The van der Waals surface area contributed by atoms with Crippen LogP contribution in [0.15, 0.2) is 35.4 Å². The number of aliphatic hydroxyl groups is 1. The largest absolute Gasteiger partial charge is 0.475 e. The van der Waals surface area contributed by atoms with Crippen LogP contribution in [0.25, 0.3) is 21.5 Å². The molecule has 1 fully saturated rings. The zero-order valence-corrected chi connectivity index (χ0v) is 14.3. The van der Waals surface area contributed by atoms with Gasteiger partial charge in [-0.15, -0.1) is 0 Å². The highest BCUT2D eigenvalue weighted by atomic mass is 16.5. The lowest BCUT2D eigenvalue weighted by atomic mass is 10.0. The van der Waals surface area contributed by atoms with Crippen molar-refractivity contribution in [2.24, 2.45) is 0 Å². The SMILES string of the molecule is CC(O)c1c[nH]c(=O)c2cc3ccnc(OC[C@@H]4CCC(=O)N4)c3cc12. The van der Waals surface area contributed by atoms with Crippen LogP contribution in [0.5, 0.6) is 5.88 Å². The quantitative estimate of drug-likeness (QED) is 0.620. The van der Waals surface area contributed by atoms with Gasteiger partial charge in [0, 0.05) is 35.2 Å². The summed E-state index contributed by atoms with van der Waals surface area (Å²) in [6, 6.07) is 5.41. The smallest absolute Gasteiger partial charge is 0.255 e. The number of amides is 1. The summed E-state index contributed by atoms with van der Waals surface area (Å²) < 4.78 is 5.86. The molecule has 0 aliphatic carbocycles. The highest BCUT2D eigenvalue weighted by Crippen LogP contribution is 2.30. The first-order valence-corrected chi connectivity index (χ1v) is 8.57. The number of hydrogen-bond donors (Lipinski definition) is 3. The van der Waals surface area contributed by atoms with Gasteiger partial charge in [-0.1, -0.05) is 0 Å². The third kappa shape index (κ3) is 2.90. The molecule has 3 N–H and O–H groups in total. The Morgan fingerprint density at radius 3 is 2.88 bits per heavy atom. The van der Waals surface area contributed by atoms with Crippen molar-refractivity contribution in [3.05, 3.63) is 46.5 Å². The minimum atomic E-state index is -0.721. The number of aromatic amines is 1. The van der Waals surface area contributed by atoms with Gasteiger partial charge in [-0.2, -0.15) is 0 Å². The van der Waals surface area contributed by atoms with E-state index in [1.807, 2.05) is 12.1 Å². The maximum Gasteiger partial charge on any atom is 0.255 e. The molecular weight excluding hydrogens is 334 g/mol. The van der Waals surface area contributed by atoms with Crippen LogP contribution in [0.1, 0.15) is 31.4 Å². The Morgan fingerprint density at radius 1 is 1.31 bits per heavy atom. The molecule has 1 amide bonds. The third-order valence-corrected chi connectivity index (χ3v) is 4.74. The van der Waals surface area contributed by atoms with E-state index in [0.717, 1.165) is 17.2 Å². The van der Waals surface area contributed by atoms with Crippen LogP contribution in [-0.2, 0) is 4.79 Å². The highest BCUT2D eigenvalue weighted by molar-refractivity contribution is 6.01. The van der Waals surface area contributed by atoms with Crippen LogP contribution < -0.4 is 15.6 Å². The maximum atomic E-state index is 12.2. The second-order valence-corrected chi connectivity index (χ2v) is 6.60. The van der Waals surface area contributed by atoms with E-state index >= 15 is 0 Å². The van der Waals surface area contributed by atoms with Crippen LogP contribution >= 0.6 is 0 Å². The van der Waals surface area contributed by atoms with Crippen molar-refractivity contribution < 1.29 is 14.6 Å². The fourth-order valence-corrected chi connectivity index (χ4v) is 3.36. The van der Waals surface area contributed by atoms with E-state index < -0.39 is 6.10 Å².